The first-order valence-corrected chi connectivity index (χ1v) is 9.94. The van der Waals surface area contributed by atoms with Crippen molar-refractivity contribution in [3.63, 3.8) is 0 Å². The van der Waals surface area contributed by atoms with Gasteiger partial charge in [0.25, 0.3) is 5.56 Å². The average molecular weight is 362 g/mol. The Bertz CT molecular complexity index is 923. The van der Waals surface area contributed by atoms with Crippen molar-refractivity contribution in [3.05, 3.63) is 51.9 Å². The molecule has 3 rings (SSSR count). The van der Waals surface area contributed by atoms with Gasteiger partial charge in [0.15, 0.2) is 0 Å². The van der Waals surface area contributed by atoms with Crippen LogP contribution >= 0.6 is 0 Å². The zero-order valence-corrected chi connectivity index (χ0v) is 15.2. The number of sulfonamides is 1. The SMILES string of the molecule is CCCS(=O)(=O)N1CCc2nc(NC)n(-c3ccccc3)c(=O)c2C1. The summed E-state index contributed by atoms with van der Waals surface area (Å²) in [7, 11) is -1.63. The summed E-state index contributed by atoms with van der Waals surface area (Å²) >= 11 is 0. The van der Waals surface area contributed by atoms with E-state index >= 15 is 0 Å². The lowest BCUT2D eigenvalue weighted by atomic mass is 10.1. The maximum absolute atomic E-state index is 13.1. The Morgan fingerprint density at radius 2 is 1.96 bits per heavy atom. The number of anilines is 1. The van der Waals surface area contributed by atoms with Crippen LogP contribution in [0.15, 0.2) is 35.1 Å². The predicted octanol–water partition coefficient (Wildman–Crippen LogP) is 1.37. The highest BCUT2D eigenvalue weighted by atomic mass is 32.2. The molecule has 0 bridgehead atoms. The van der Waals surface area contributed by atoms with E-state index < -0.39 is 10.0 Å². The summed E-state index contributed by atoms with van der Waals surface area (Å²) < 4.78 is 27.6. The molecule has 2 heterocycles. The molecular formula is C17H22N4O3S. The van der Waals surface area contributed by atoms with E-state index in [1.165, 1.54) is 8.87 Å². The molecule has 1 aromatic heterocycles. The van der Waals surface area contributed by atoms with E-state index in [0.29, 0.717) is 42.3 Å². The highest BCUT2D eigenvalue weighted by Crippen LogP contribution is 2.21. The Morgan fingerprint density at radius 1 is 1.24 bits per heavy atom. The molecule has 7 nitrogen and oxygen atoms in total. The Kier molecular flexibility index (Phi) is 4.91. The number of benzene rings is 1. The van der Waals surface area contributed by atoms with Crippen molar-refractivity contribution in [2.24, 2.45) is 0 Å². The molecule has 0 saturated carbocycles. The molecule has 25 heavy (non-hydrogen) atoms. The van der Waals surface area contributed by atoms with Gasteiger partial charge in [-0.2, -0.15) is 4.31 Å². The van der Waals surface area contributed by atoms with Gasteiger partial charge in [-0.1, -0.05) is 25.1 Å². The molecule has 0 amide bonds. The van der Waals surface area contributed by atoms with Gasteiger partial charge in [-0.3, -0.25) is 4.79 Å². The van der Waals surface area contributed by atoms with Crippen molar-refractivity contribution in [1.82, 2.24) is 13.9 Å². The minimum atomic E-state index is -3.34. The quantitative estimate of drug-likeness (QED) is 0.868. The van der Waals surface area contributed by atoms with Gasteiger partial charge in [0.05, 0.1) is 22.7 Å². The smallest absolute Gasteiger partial charge is 0.264 e. The molecule has 1 aliphatic heterocycles. The molecule has 0 radical (unpaired) electrons. The van der Waals surface area contributed by atoms with Crippen LogP contribution in [-0.2, 0) is 23.0 Å². The maximum Gasteiger partial charge on any atom is 0.264 e. The average Bonchev–Trinajstić information content (AvgIpc) is 2.62. The number of aromatic nitrogens is 2. The minimum Gasteiger partial charge on any atom is -0.358 e. The van der Waals surface area contributed by atoms with E-state index in [1.54, 1.807) is 7.05 Å². The summed E-state index contributed by atoms with van der Waals surface area (Å²) in [6.45, 7) is 2.28. The fourth-order valence-corrected chi connectivity index (χ4v) is 4.53. The molecule has 0 fully saturated rings. The number of hydrogen-bond acceptors (Lipinski definition) is 5. The number of nitrogens with zero attached hydrogens (tertiary/aromatic N) is 3. The lowest BCUT2D eigenvalue weighted by Gasteiger charge is -2.28. The Hall–Kier alpha value is -2.19. The van der Waals surface area contributed by atoms with Gasteiger partial charge in [0.2, 0.25) is 16.0 Å². The van der Waals surface area contributed by atoms with Crippen LogP contribution in [0.2, 0.25) is 0 Å². The maximum atomic E-state index is 13.1. The standard InChI is InChI=1S/C17H22N4O3S/c1-3-11-25(23,24)20-10-9-15-14(12-20)16(22)21(17(18-2)19-15)13-7-5-4-6-8-13/h4-8H,3,9-12H2,1-2H3,(H,18,19). The molecule has 1 aromatic carbocycles. The highest BCUT2D eigenvalue weighted by molar-refractivity contribution is 7.89. The summed E-state index contributed by atoms with van der Waals surface area (Å²) in [6.07, 6.45) is 0.995. The van der Waals surface area contributed by atoms with Gasteiger partial charge < -0.3 is 5.32 Å². The number of rotatable bonds is 5. The van der Waals surface area contributed by atoms with Gasteiger partial charge in [-0.25, -0.2) is 18.0 Å². The van der Waals surface area contributed by atoms with E-state index in [9.17, 15) is 13.2 Å². The summed E-state index contributed by atoms with van der Waals surface area (Å²) in [5, 5.41) is 2.97. The molecule has 2 aromatic rings. The van der Waals surface area contributed by atoms with E-state index in [0.717, 1.165) is 0 Å². The molecule has 134 valence electrons. The Labute approximate surface area is 147 Å². The Morgan fingerprint density at radius 3 is 2.60 bits per heavy atom. The Balaban J connectivity index is 2.10. The zero-order valence-electron chi connectivity index (χ0n) is 14.4. The molecular weight excluding hydrogens is 340 g/mol. The van der Waals surface area contributed by atoms with Gasteiger partial charge in [-0.15, -0.1) is 0 Å². The van der Waals surface area contributed by atoms with E-state index in [4.69, 9.17) is 0 Å². The van der Waals surface area contributed by atoms with Gasteiger partial charge in [0, 0.05) is 26.6 Å². The second-order valence-corrected chi connectivity index (χ2v) is 8.07. The van der Waals surface area contributed by atoms with E-state index in [1.807, 2.05) is 37.3 Å². The second kappa shape index (κ2) is 6.97. The lowest BCUT2D eigenvalue weighted by Crippen LogP contribution is -2.42. The molecule has 1 N–H and O–H groups in total. The predicted molar refractivity (Wildman–Crippen MR) is 97.6 cm³/mol. The normalized spacial score (nSPS) is 15.0. The van der Waals surface area contributed by atoms with Crippen LogP contribution in [0.25, 0.3) is 5.69 Å². The molecule has 0 aliphatic carbocycles. The van der Waals surface area contributed by atoms with Gasteiger partial charge in [-0.05, 0) is 18.6 Å². The van der Waals surface area contributed by atoms with Crippen molar-refractivity contribution in [2.45, 2.75) is 26.3 Å². The van der Waals surface area contributed by atoms with Crippen molar-refractivity contribution in [1.29, 1.82) is 0 Å². The van der Waals surface area contributed by atoms with Crippen molar-refractivity contribution in [3.8, 4) is 5.69 Å². The van der Waals surface area contributed by atoms with Crippen LogP contribution in [0.3, 0.4) is 0 Å². The molecule has 8 heteroatoms. The first-order valence-electron chi connectivity index (χ1n) is 8.33. The third-order valence-electron chi connectivity index (χ3n) is 4.29. The van der Waals surface area contributed by atoms with Crippen molar-refractivity contribution in [2.75, 3.05) is 24.7 Å². The number of hydrogen-bond donors (Lipinski definition) is 1. The van der Waals surface area contributed by atoms with Crippen LogP contribution in [0.1, 0.15) is 24.6 Å². The summed E-state index contributed by atoms with van der Waals surface area (Å²) in [5.41, 5.74) is 1.59. The largest absolute Gasteiger partial charge is 0.358 e. The van der Waals surface area contributed by atoms with Crippen LogP contribution in [-0.4, -0.2) is 41.6 Å². The molecule has 1 aliphatic rings. The molecule has 0 atom stereocenters. The number of nitrogens with one attached hydrogen (secondary N) is 1. The van der Waals surface area contributed by atoms with Gasteiger partial charge >= 0.3 is 0 Å². The van der Waals surface area contributed by atoms with Crippen molar-refractivity contribution >= 4 is 16.0 Å². The van der Waals surface area contributed by atoms with Crippen LogP contribution in [0.5, 0.6) is 0 Å². The van der Waals surface area contributed by atoms with Crippen LogP contribution in [0.4, 0.5) is 5.95 Å². The van der Waals surface area contributed by atoms with Gasteiger partial charge in [0.1, 0.15) is 0 Å². The first kappa shape index (κ1) is 17.6. The van der Waals surface area contributed by atoms with Crippen LogP contribution < -0.4 is 10.9 Å². The fraction of sp³-hybridized carbons (Fsp3) is 0.412. The minimum absolute atomic E-state index is 0.0837. The topological polar surface area (TPSA) is 84.3 Å². The highest BCUT2D eigenvalue weighted by Gasteiger charge is 2.30. The summed E-state index contributed by atoms with van der Waals surface area (Å²) in [6, 6.07) is 9.21. The number of fused-ring (bicyclic) bond motifs is 1. The third kappa shape index (κ3) is 3.32. The monoisotopic (exact) mass is 362 g/mol. The second-order valence-electron chi connectivity index (χ2n) is 5.99. The summed E-state index contributed by atoms with van der Waals surface area (Å²) in [5.74, 6) is 0.553. The molecule has 0 spiro atoms. The third-order valence-corrected chi connectivity index (χ3v) is 6.31. The fourth-order valence-electron chi connectivity index (χ4n) is 3.06. The summed E-state index contributed by atoms with van der Waals surface area (Å²) in [4.78, 5) is 17.6. The first-order chi connectivity index (χ1) is 12.0. The molecule has 0 unspecified atom stereocenters. The molecule has 0 saturated heterocycles. The zero-order chi connectivity index (χ0) is 18.0. The number of para-hydroxylation sites is 1. The van der Waals surface area contributed by atoms with Crippen LogP contribution in [0, 0.1) is 0 Å². The van der Waals surface area contributed by atoms with E-state index in [-0.39, 0.29) is 17.9 Å². The van der Waals surface area contributed by atoms with Crippen molar-refractivity contribution < 1.29 is 8.42 Å². The van der Waals surface area contributed by atoms with E-state index in [2.05, 4.69) is 10.3 Å². The lowest BCUT2D eigenvalue weighted by molar-refractivity contribution is 0.384.